The summed E-state index contributed by atoms with van der Waals surface area (Å²) in [4.78, 5) is 0. The van der Waals surface area contributed by atoms with E-state index in [4.69, 9.17) is 9.84 Å². The zero-order valence-electron chi connectivity index (χ0n) is 14.2. The van der Waals surface area contributed by atoms with E-state index in [0.717, 1.165) is 0 Å². The van der Waals surface area contributed by atoms with E-state index in [-0.39, 0.29) is 62.2 Å². The van der Waals surface area contributed by atoms with Crippen LogP contribution < -0.4 is 0 Å². The molecule has 0 radical (unpaired) electrons. The topological polar surface area (TPSA) is 29.5 Å². The quantitative estimate of drug-likeness (QED) is 0.593. The van der Waals surface area contributed by atoms with Crippen LogP contribution in [-0.2, 0) is 30.9 Å². The minimum absolute atomic E-state index is 0. The van der Waals surface area contributed by atoms with Crippen LogP contribution in [0.15, 0.2) is 34.3 Å². The summed E-state index contributed by atoms with van der Waals surface area (Å²) in [6.07, 6.45) is 8.62. The van der Waals surface area contributed by atoms with Gasteiger partial charge in [-0.05, 0) is 12.7 Å². The molecular weight excluding hydrogens is 398 g/mol. The Morgan fingerprint density at radius 3 is 2.00 bits per heavy atom. The van der Waals surface area contributed by atoms with Gasteiger partial charge in [-0.25, -0.2) is 11.6 Å². The number of ether oxygens (including phenoxy) is 1. The molecule has 0 saturated heterocycles. The molecule has 2 nitrogen and oxygen atoms in total. The monoisotopic (exact) mass is 422 g/mol. The maximum atomic E-state index is 8.93. The maximum Gasteiger partial charge on any atom is 2.00 e. The Hall–Kier alpha value is 0.0231. The number of aliphatic hydroxyl groups is 1. The van der Waals surface area contributed by atoms with E-state index in [0.29, 0.717) is 18.8 Å². The van der Waals surface area contributed by atoms with Gasteiger partial charge in [0.1, 0.15) is 0 Å². The fraction of sp³-hybridized carbons (Fsp3) is 0.529. The number of hydrogen-bond acceptors (Lipinski definition) is 2. The summed E-state index contributed by atoms with van der Waals surface area (Å²) in [5.41, 5.74) is 4.39. The molecule has 124 valence electrons. The van der Waals surface area contributed by atoms with Crippen LogP contribution in [0, 0.1) is 17.6 Å². The van der Waals surface area contributed by atoms with Crippen LogP contribution in [-0.4, -0.2) is 11.7 Å². The molecule has 0 amide bonds. The zero-order valence-corrected chi connectivity index (χ0v) is 18.3. The second-order valence-electron chi connectivity index (χ2n) is 5.36. The molecule has 1 N–H and O–H groups in total. The molecular formula is C17H26Cl2O2Zr. The number of aliphatic hydroxyl groups excluding tert-OH is 1. The maximum absolute atomic E-state index is 8.93. The zero-order chi connectivity index (χ0) is 14.6. The molecule has 0 spiro atoms. The second kappa shape index (κ2) is 11.5. The molecule has 2 aliphatic rings. The Morgan fingerprint density at radius 1 is 1.23 bits per heavy atom. The van der Waals surface area contributed by atoms with Gasteiger partial charge >= 0.3 is 26.2 Å². The Balaban J connectivity index is -0.000000290. The third-order valence-corrected chi connectivity index (χ3v) is 3.65. The molecule has 0 saturated carbocycles. The van der Waals surface area contributed by atoms with Crippen LogP contribution >= 0.6 is 24.8 Å². The van der Waals surface area contributed by atoms with E-state index in [2.05, 4.69) is 46.8 Å². The van der Waals surface area contributed by atoms with Crippen LogP contribution in [0.2, 0.25) is 0 Å². The molecule has 2 rings (SSSR count). The molecule has 0 fully saturated rings. The number of hydrogen-bond donors (Lipinski definition) is 1. The summed E-state index contributed by atoms with van der Waals surface area (Å²) in [5, 5.41) is 8.93. The summed E-state index contributed by atoms with van der Waals surface area (Å²) in [5.74, 6) is 0.717. The molecule has 2 aliphatic carbocycles. The van der Waals surface area contributed by atoms with Crippen molar-refractivity contribution in [3.8, 4) is 0 Å². The molecule has 0 aromatic carbocycles. The largest absolute Gasteiger partial charge is 2.00 e. The molecule has 0 bridgehead atoms. The van der Waals surface area contributed by atoms with Crippen LogP contribution in [0.3, 0.4) is 0 Å². The van der Waals surface area contributed by atoms with Crippen molar-refractivity contribution in [2.45, 2.75) is 48.0 Å². The minimum atomic E-state index is 0. The number of halogens is 2. The molecule has 22 heavy (non-hydrogen) atoms. The van der Waals surface area contributed by atoms with Crippen molar-refractivity contribution in [1.29, 1.82) is 0 Å². The Labute approximate surface area is 166 Å². The van der Waals surface area contributed by atoms with Gasteiger partial charge in [-0.3, -0.25) is 6.08 Å². The van der Waals surface area contributed by atoms with Crippen molar-refractivity contribution < 1.29 is 36.0 Å². The van der Waals surface area contributed by atoms with Crippen LogP contribution in [0.1, 0.15) is 48.0 Å². The van der Waals surface area contributed by atoms with Gasteiger partial charge in [0.25, 0.3) is 0 Å². The first-order chi connectivity index (χ1) is 8.79. The van der Waals surface area contributed by atoms with E-state index in [1.54, 1.807) is 6.08 Å². The van der Waals surface area contributed by atoms with Gasteiger partial charge in [-0.1, -0.05) is 33.1 Å². The fourth-order valence-electron chi connectivity index (χ4n) is 2.11. The summed E-state index contributed by atoms with van der Waals surface area (Å²) in [6, 6.07) is 0. The Morgan fingerprint density at radius 2 is 1.77 bits per heavy atom. The van der Waals surface area contributed by atoms with Crippen molar-refractivity contribution in [3.05, 3.63) is 46.5 Å². The van der Waals surface area contributed by atoms with Gasteiger partial charge < -0.3 is 9.84 Å². The average Bonchev–Trinajstić information content (AvgIpc) is 2.80. The number of allylic oxidation sites excluding steroid dienone is 6. The normalized spacial score (nSPS) is 17.6. The molecule has 5 heteroatoms. The van der Waals surface area contributed by atoms with Gasteiger partial charge in [0.05, 0.1) is 6.61 Å². The summed E-state index contributed by atoms with van der Waals surface area (Å²) in [7, 11) is 0. The van der Waals surface area contributed by atoms with Gasteiger partial charge in [0.2, 0.25) is 0 Å². The summed E-state index contributed by atoms with van der Waals surface area (Å²) < 4.78 is 5.03. The van der Waals surface area contributed by atoms with Gasteiger partial charge in [-0.15, -0.1) is 44.2 Å². The van der Waals surface area contributed by atoms with Crippen LogP contribution in [0.25, 0.3) is 0 Å². The van der Waals surface area contributed by atoms with Crippen molar-refractivity contribution >= 4 is 24.8 Å². The van der Waals surface area contributed by atoms with E-state index in [9.17, 15) is 0 Å². The predicted octanol–water partition coefficient (Wildman–Crippen LogP) is 5.51. The molecule has 0 aliphatic heterocycles. The first kappa shape index (κ1) is 26.9. The smallest absolute Gasteiger partial charge is 0.576 e. The van der Waals surface area contributed by atoms with Gasteiger partial charge in [0, 0.05) is 5.76 Å². The fourth-order valence-corrected chi connectivity index (χ4v) is 2.11. The van der Waals surface area contributed by atoms with E-state index >= 15 is 0 Å². The van der Waals surface area contributed by atoms with Crippen molar-refractivity contribution in [2.24, 2.45) is 5.41 Å². The first-order valence-corrected chi connectivity index (χ1v) is 6.72. The molecule has 0 atom stereocenters. The Bertz CT molecular complexity index is 475. The van der Waals surface area contributed by atoms with Crippen molar-refractivity contribution in [3.63, 3.8) is 0 Å². The summed E-state index contributed by atoms with van der Waals surface area (Å²) in [6.45, 7) is 13.4. The van der Waals surface area contributed by atoms with E-state index in [1.165, 1.54) is 16.7 Å². The minimum Gasteiger partial charge on any atom is -0.576 e. The van der Waals surface area contributed by atoms with Crippen LogP contribution in [0.5, 0.6) is 0 Å². The van der Waals surface area contributed by atoms with Gasteiger partial charge in [-0.2, -0.15) is 11.1 Å². The van der Waals surface area contributed by atoms with Crippen LogP contribution in [0.4, 0.5) is 0 Å². The third kappa shape index (κ3) is 7.07. The predicted molar refractivity (Wildman–Crippen MR) is 92.8 cm³/mol. The molecule has 0 unspecified atom stereocenters. The molecule has 0 aromatic heterocycles. The molecule has 0 aromatic rings. The number of rotatable bonds is 2. The first-order valence-electron chi connectivity index (χ1n) is 6.72. The second-order valence-corrected chi connectivity index (χ2v) is 5.36. The van der Waals surface area contributed by atoms with Gasteiger partial charge in [0.15, 0.2) is 0 Å². The van der Waals surface area contributed by atoms with E-state index in [1.807, 2.05) is 6.92 Å². The Kier molecular flexibility index (Phi) is 14.1. The standard InChI is InChI=1S/C10H15.C7H9O2.2ClH.Zr/c1-7-6-10(4,5)9(3)8(7)2;1-2-9-7-5-3-4-6(7)8;;;/h1-5H3;5,8H,2-3H2,1H3;2*1H;/q2*-1;;;+2. The van der Waals surface area contributed by atoms with E-state index < -0.39 is 0 Å². The molecule has 0 heterocycles. The third-order valence-electron chi connectivity index (χ3n) is 3.65. The average molecular weight is 425 g/mol. The van der Waals surface area contributed by atoms with Crippen molar-refractivity contribution in [2.75, 3.05) is 6.61 Å². The SMILES string of the molecule is CC1=[C-]C(C)(C)C(C)=C1C.CCOC1=CC[C-]=C1O.Cl.Cl.[Zr+2]. The summed E-state index contributed by atoms with van der Waals surface area (Å²) >= 11 is 0. The van der Waals surface area contributed by atoms with Crippen molar-refractivity contribution in [1.82, 2.24) is 0 Å².